The molecule has 5 nitrogen and oxygen atoms in total. The molecule has 0 saturated heterocycles. The summed E-state index contributed by atoms with van der Waals surface area (Å²) in [7, 11) is 0. The van der Waals surface area contributed by atoms with Gasteiger partial charge in [0.1, 0.15) is 18.1 Å². The zero-order valence-electron chi connectivity index (χ0n) is 14.1. The Morgan fingerprint density at radius 2 is 2.04 bits per heavy atom. The molecule has 0 bridgehead atoms. The van der Waals surface area contributed by atoms with E-state index >= 15 is 0 Å². The fourth-order valence-corrected chi connectivity index (χ4v) is 2.25. The molecule has 2 N–H and O–H groups in total. The summed E-state index contributed by atoms with van der Waals surface area (Å²) < 4.78 is 5.63. The van der Waals surface area contributed by atoms with Crippen molar-refractivity contribution in [3.63, 3.8) is 0 Å². The van der Waals surface area contributed by atoms with Crippen LogP contribution in [-0.4, -0.2) is 29.3 Å². The number of benzene rings is 1. The molecule has 0 saturated carbocycles. The monoisotopic (exact) mass is 315 g/mol. The number of H-pyrrole nitrogens is 1. The van der Waals surface area contributed by atoms with Crippen molar-refractivity contribution in [3.05, 3.63) is 47.3 Å². The van der Waals surface area contributed by atoms with Gasteiger partial charge in [0, 0.05) is 5.69 Å². The molecule has 2 rings (SSSR count). The van der Waals surface area contributed by atoms with Crippen LogP contribution in [0.4, 0.5) is 0 Å². The fraction of sp³-hybridized carbons (Fsp3) is 0.444. The summed E-state index contributed by atoms with van der Waals surface area (Å²) in [4.78, 5) is 11.9. The third-order valence-corrected chi connectivity index (χ3v) is 3.59. The van der Waals surface area contributed by atoms with Gasteiger partial charge in [-0.05, 0) is 36.1 Å². The minimum atomic E-state index is -0.178. The SMILES string of the molecule is CCCc1cc(C(=O)NCCOc2ccc(C(C)C)cc2)n[nH]1. The number of ether oxygens (including phenoxy) is 1. The second kappa shape index (κ2) is 8.36. The lowest BCUT2D eigenvalue weighted by Crippen LogP contribution is -2.28. The number of carbonyl (C=O) groups excluding carboxylic acids is 1. The van der Waals surface area contributed by atoms with Gasteiger partial charge >= 0.3 is 0 Å². The lowest BCUT2D eigenvalue weighted by Gasteiger charge is -2.09. The van der Waals surface area contributed by atoms with Crippen LogP contribution in [0.25, 0.3) is 0 Å². The van der Waals surface area contributed by atoms with Gasteiger partial charge in [-0.3, -0.25) is 9.89 Å². The summed E-state index contributed by atoms with van der Waals surface area (Å²) >= 11 is 0. The van der Waals surface area contributed by atoms with E-state index in [2.05, 4.69) is 48.4 Å². The van der Waals surface area contributed by atoms with Gasteiger partial charge in [0.05, 0.1) is 6.54 Å². The van der Waals surface area contributed by atoms with E-state index in [0.29, 0.717) is 24.8 Å². The second-order valence-electron chi connectivity index (χ2n) is 5.86. The average Bonchev–Trinajstić information content (AvgIpc) is 3.01. The minimum Gasteiger partial charge on any atom is -0.492 e. The van der Waals surface area contributed by atoms with E-state index in [1.807, 2.05) is 12.1 Å². The van der Waals surface area contributed by atoms with E-state index in [4.69, 9.17) is 4.74 Å². The van der Waals surface area contributed by atoms with E-state index in [0.717, 1.165) is 24.3 Å². The first-order valence-electron chi connectivity index (χ1n) is 8.15. The molecular formula is C18H25N3O2. The van der Waals surface area contributed by atoms with Crippen LogP contribution in [0.5, 0.6) is 5.75 Å². The topological polar surface area (TPSA) is 67.0 Å². The zero-order valence-corrected chi connectivity index (χ0v) is 14.1. The molecule has 0 aliphatic rings. The molecule has 5 heteroatoms. The number of aryl methyl sites for hydroxylation is 1. The lowest BCUT2D eigenvalue weighted by molar-refractivity contribution is 0.0942. The maximum Gasteiger partial charge on any atom is 0.271 e. The Bertz CT molecular complexity index is 617. The first-order chi connectivity index (χ1) is 11.1. The predicted molar refractivity (Wildman–Crippen MR) is 90.9 cm³/mol. The molecule has 0 aliphatic heterocycles. The highest BCUT2D eigenvalue weighted by Crippen LogP contribution is 2.18. The Balaban J connectivity index is 1.72. The largest absolute Gasteiger partial charge is 0.492 e. The van der Waals surface area contributed by atoms with Gasteiger partial charge in [-0.2, -0.15) is 5.10 Å². The Hall–Kier alpha value is -2.30. The summed E-state index contributed by atoms with van der Waals surface area (Å²) in [5.74, 6) is 1.14. The zero-order chi connectivity index (χ0) is 16.7. The van der Waals surface area contributed by atoms with Crippen LogP contribution in [0.15, 0.2) is 30.3 Å². The van der Waals surface area contributed by atoms with Crippen molar-refractivity contribution < 1.29 is 9.53 Å². The number of carbonyl (C=O) groups is 1. The summed E-state index contributed by atoms with van der Waals surface area (Å²) in [5, 5.41) is 9.70. The van der Waals surface area contributed by atoms with E-state index < -0.39 is 0 Å². The van der Waals surface area contributed by atoms with Gasteiger partial charge in [-0.25, -0.2) is 0 Å². The normalized spacial score (nSPS) is 10.8. The number of aromatic amines is 1. The molecule has 0 aliphatic carbocycles. The number of nitrogens with one attached hydrogen (secondary N) is 2. The Kier molecular flexibility index (Phi) is 6.20. The van der Waals surface area contributed by atoms with Crippen LogP contribution in [0.2, 0.25) is 0 Å². The van der Waals surface area contributed by atoms with Crippen molar-refractivity contribution in [1.29, 1.82) is 0 Å². The van der Waals surface area contributed by atoms with Crippen LogP contribution in [0.1, 0.15) is 54.9 Å². The van der Waals surface area contributed by atoms with Gasteiger partial charge < -0.3 is 10.1 Å². The molecule has 0 fully saturated rings. The number of hydrogen-bond donors (Lipinski definition) is 2. The van der Waals surface area contributed by atoms with Crippen molar-refractivity contribution >= 4 is 5.91 Å². The molecule has 0 atom stereocenters. The first kappa shape index (κ1) is 17.1. The van der Waals surface area contributed by atoms with Crippen molar-refractivity contribution in [2.24, 2.45) is 0 Å². The third-order valence-electron chi connectivity index (χ3n) is 3.59. The molecule has 1 aromatic carbocycles. The Morgan fingerprint density at radius 1 is 1.30 bits per heavy atom. The molecule has 0 unspecified atom stereocenters. The van der Waals surface area contributed by atoms with Gasteiger partial charge in [0.25, 0.3) is 5.91 Å². The number of amides is 1. The molecule has 2 aromatic rings. The fourth-order valence-electron chi connectivity index (χ4n) is 2.25. The number of rotatable bonds is 8. The highest BCUT2D eigenvalue weighted by atomic mass is 16.5. The number of hydrogen-bond acceptors (Lipinski definition) is 3. The summed E-state index contributed by atoms with van der Waals surface area (Å²) in [6.45, 7) is 7.28. The van der Waals surface area contributed by atoms with Crippen molar-refractivity contribution in [3.8, 4) is 5.75 Å². The average molecular weight is 315 g/mol. The number of aromatic nitrogens is 2. The highest BCUT2D eigenvalue weighted by Gasteiger charge is 2.09. The summed E-state index contributed by atoms with van der Waals surface area (Å²) in [6.07, 6.45) is 1.92. The van der Waals surface area contributed by atoms with Crippen molar-refractivity contribution in [1.82, 2.24) is 15.5 Å². The molecule has 0 spiro atoms. The van der Waals surface area contributed by atoms with E-state index in [-0.39, 0.29) is 5.91 Å². The standard InChI is InChI=1S/C18H25N3O2/c1-4-5-15-12-17(21-20-15)18(22)19-10-11-23-16-8-6-14(7-9-16)13(2)3/h6-9,12-13H,4-5,10-11H2,1-3H3,(H,19,22)(H,20,21). The van der Waals surface area contributed by atoms with Crippen LogP contribution >= 0.6 is 0 Å². The van der Waals surface area contributed by atoms with E-state index in [1.165, 1.54) is 5.56 Å². The molecule has 1 aromatic heterocycles. The van der Waals surface area contributed by atoms with Crippen molar-refractivity contribution in [2.75, 3.05) is 13.2 Å². The molecule has 23 heavy (non-hydrogen) atoms. The van der Waals surface area contributed by atoms with Gasteiger partial charge in [0.15, 0.2) is 0 Å². The van der Waals surface area contributed by atoms with Gasteiger partial charge in [-0.1, -0.05) is 39.3 Å². The molecule has 124 valence electrons. The summed E-state index contributed by atoms with van der Waals surface area (Å²) in [5.41, 5.74) is 2.70. The minimum absolute atomic E-state index is 0.178. The number of nitrogens with zero attached hydrogens (tertiary/aromatic N) is 1. The quantitative estimate of drug-likeness (QED) is 0.735. The summed E-state index contributed by atoms with van der Waals surface area (Å²) in [6, 6.07) is 9.85. The molecule has 0 radical (unpaired) electrons. The first-order valence-corrected chi connectivity index (χ1v) is 8.15. The van der Waals surface area contributed by atoms with E-state index in [1.54, 1.807) is 6.07 Å². The van der Waals surface area contributed by atoms with Crippen LogP contribution in [0, 0.1) is 0 Å². The van der Waals surface area contributed by atoms with Gasteiger partial charge in [0.2, 0.25) is 0 Å². The van der Waals surface area contributed by atoms with Crippen LogP contribution in [-0.2, 0) is 6.42 Å². The molecular weight excluding hydrogens is 290 g/mol. The van der Waals surface area contributed by atoms with E-state index in [9.17, 15) is 4.79 Å². The second-order valence-corrected chi connectivity index (χ2v) is 5.86. The third kappa shape index (κ3) is 5.13. The predicted octanol–water partition coefficient (Wildman–Crippen LogP) is 3.29. The van der Waals surface area contributed by atoms with Crippen LogP contribution < -0.4 is 10.1 Å². The maximum absolute atomic E-state index is 11.9. The smallest absolute Gasteiger partial charge is 0.271 e. The lowest BCUT2D eigenvalue weighted by atomic mass is 10.0. The van der Waals surface area contributed by atoms with Crippen molar-refractivity contribution in [2.45, 2.75) is 39.5 Å². The molecule has 1 amide bonds. The van der Waals surface area contributed by atoms with Crippen LogP contribution in [0.3, 0.4) is 0 Å². The maximum atomic E-state index is 11.9. The molecule has 1 heterocycles. The Morgan fingerprint density at radius 3 is 2.70 bits per heavy atom. The highest BCUT2D eigenvalue weighted by molar-refractivity contribution is 5.92. The Labute approximate surface area is 137 Å². The van der Waals surface area contributed by atoms with Gasteiger partial charge in [-0.15, -0.1) is 0 Å².